The molecule has 0 radical (unpaired) electrons. The Morgan fingerprint density at radius 3 is 2.33 bits per heavy atom. The zero-order chi connectivity index (χ0) is 13.3. The van der Waals surface area contributed by atoms with E-state index in [1.165, 1.54) is 20.3 Å². The van der Waals surface area contributed by atoms with Crippen LogP contribution >= 0.6 is 0 Å². The SMILES string of the molecule is COc1cc(-c2cnn(C)c2N)c(OC)cc1O. The van der Waals surface area contributed by atoms with E-state index in [-0.39, 0.29) is 5.75 Å². The molecular weight excluding hydrogens is 234 g/mol. The van der Waals surface area contributed by atoms with Gasteiger partial charge in [-0.05, 0) is 6.07 Å². The number of nitrogens with zero attached hydrogens (tertiary/aromatic N) is 2. The quantitative estimate of drug-likeness (QED) is 0.859. The maximum Gasteiger partial charge on any atom is 0.161 e. The summed E-state index contributed by atoms with van der Waals surface area (Å²) in [6.45, 7) is 0. The Morgan fingerprint density at radius 2 is 1.83 bits per heavy atom. The molecule has 0 aliphatic rings. The van der Waals surface area contributed by atoms with E-state index >= 15 is 0 Å². The summed E-state index contributed by atoms with van der Waals surface area (Å²) < 4.78 is 11.9. The number of nitrogens with two attached hydrogens (primary N) is 1. The highest BCUT2D eigenvalue weighted by Crippen LogP contribution is 2.40. The number of nitrogen functional groups attached to an aromatic ring is 1. The van der Waals surface area contributed by atoms with Gasteiger partial charge in [-0.1, -0.05) is 0 Å². The number of anilines is 1. The summed E-state index contributed by atoms with van der Waals surface area (Å²) >= 11 is 0. The number of aromatic nitrogens is 2. The maximum absolute atomic E-state index is 9.71. The normalized spacial score (nSPS) is 10.4. The molecule has 2 aromatic rings. The first-order chi connectivity index (χ1) is 8.58. The predicted molar refractivity (Wildman–Crippen MR) is 67.8 cm³/mol. The van der Waals surface area contributed by atoms with Gasteiger partial charge in [0.2, 0.25) is 0 Å². The Morgan fingerprint density at radius 1 is 1.17 bits per heavy atom. The third kappa shape index (κ3) is 1.81. The average Bonchev–Trinajstić information content (AvgIpc) is 2.70. The van der Waals surface area contributed by atoms with Crippen molar-refractivity contribution < 1.29 is 14.6 Å². The smallest absolute Gasteiger partial charge is 0.161 e. The minimum Gasteiger partial charge on any atom is -0.504 e. The second kappa shape index (κ2) is 4.48. The third-order valence-electron chi connectivity index (χ3n) is 2.78. The van der Waals surface area contributed by atoms with Gasteiger partial charge in [0, 0.05) is 24.2 Å². The largest absolute Gasteiger partial charge is 0.504 e. The highest BCUT2D eigenvalue weighted by atomic mass is 16.5. The van der Waals surface area contributed by atoms with Crippen molar-refractivity contribution in [2.75, 3.05) is 20.0 Å². The van der Waals surface area contributed by atoms with E-state index in [1.807, 2.05) is 0 Å². The van der Waals surface area contributed by atoms with Crippen molar-refractivity contribution in [2.45, 2.75) is 0 Å². The molecule has 0 spiro atoms. The molecule has 6 heteroatoms. The molecule has 0 unspecified atom stereocenters. The molecule has 18 heavy (non-hydrogen) atoms. The van der Waals surface area contributed by atoms with E-state index in [9.17, 15) is 5.11 Å². The number of rotatable bonds is 3. The van der Waals surface area contributed by atoms with Gasteiger partial charge in [-0.2, -0.15) is 5.10 Å². The molecule has 1 aromatic carbocycles. The lowest BCUT2D eigenvalue weighted by Crippen LogP contribution is -1.99. The molecule has 1 heterocycles. The zero-order valence-corrected chi connectivity index (χ0v) is 10.5. The summed E-state index contributed by atoms with van der Waals surface area (Å²) in [5, 5.41) is 13.8. The molecular formula is C12H15N3O3. The molecule has 1 aromatic heterocycles. The topological polar surface area (TPSA) is 82.5 Å². The number of aromatic hydroxyl groups is 1. The van der Waals surface area contributed by atoms with Crippen molar-refractivity contribution in [3.8, 4) is 28.4 Å². The Bertz CT molecular complexity index is 578. The first-order valence-electron chi connectivity index (χ1n) is 5.31. The van der Waals surface area contributed by atoms with Gasteiger partial charge in [0.25, 0.3) is 0 Å². The third-order valence-corrected chi connectivity index (χ3v) is 2.78. The summed E-state index contributed by atoms with van der Waals surface area (Å²) in [6.07, 6.45) is 1.64. The summed E-state index contributed by atoms with van der Waals surface area (Å²) in [5.74, 6) is 1.39. The predicted octanol–water partition coefficient (Wildman–Crippen LogP) is 1.39. The molecule has 0 saturated heterocycles. The van der Waals surface area contributed by atoms with Gasteiger partial charge in [-0.25, -0.2) is 0 Å². The Hall–Kier alpha value is -2.37. The summed E-state index contributed by atoms with van der Waals surface area (Å²) in [6, 6.07) is 3.15. The molecule has 0 atom stereocenters. The van der Waals surface area contributed by atoms with E-state index in [1.54, 1.807) is 24.0 Å². The number of hydrogen-bond acceptors (Lipinski definition) is 5. The molecule has 0 bridgehead atoms. The molecule has 0 aliphatic carbocycles. The van der Waals surface area contributed by atoms with E-state index in [0.717, 1.165) is 11.1 Å². The number of phenolic OH excluding ortho intramolecular Hbond substituents is 1. The van der Waals surface area contributed by atoms with Crippen LogP contribution in [-0.4, -0.2) is 29.1 Å². The standard InChI is InChI=1S/C12H15N3O3/c1-15-12(13)8(6-14-15)7-4-11(18-3)9(16)5-10(7)17-2/h4-6,16H,13H2,1-3H3. The van der Waals surface area contributed by atoms with Crippen molar-refractivity contribution in [3.63, 3.8) is 0 Å². The average molecular weight is 249 g/mol. The number of methoxy groups -OCH3 is 2. The van der Waals surface area contributed by atoms with Gasteiger partial charge in [0.05, 0.1) is 20.4 Å². The van der Waals surface area contributed by atoms with Crippen LogP contribution < -0.4 is 15.2 Å². The van der Waals surface area contributed by atoms with Crippen molar-refractivity contribution in [2.24, 2.45) is 7.05 Å². The molecule has 0 amide bonds. The number of phenols is 1. The lowest BCUT2D eigenvalue weighted by molar-refractivity contribution is 0.366. The van der Waals surface area contributed by atoms with Crippen LogP contribution in [0.4, 0.5) is 5.82 Å². The van der Waals surface area contributed by atoms with Crippen molar-refractivity contribution in [1.29, 1.82) is 0 Å². The summed E-state index contributed by atoms with van der Waals surface area (Å²) in [7, 11) is 4.76. The molecule has 96 valence electrons. The first-order valence-corrected chi connectivity index (χ1v) is 5.31. The lowest BCUT2D eigenvalue weighted by Gasteiger charge is -2.11. The van der Waals surface area contributed by atoms with Gasteiger partial charge < -0.3 is 20.3 Å². The molecule has 6 nitrogen and oxygen atoms in total. The molecule has 2 rings (SSSR count). The molecule has 0 fully saturated rings. The monoisotopic (exact) mass is 249 g/mol. The van der Waals surface area contributed by atoms with Gasteiger partial charge in [-0.15, -0.1) is 0 Å². The highest BCUT2D eigenvalue weighted by molar-refractivity contribution is 5.80. The van der Waals surface area contributed by atoms with Gasteiger partial charge in [0.1, 0.15) is 11.6 Å². The number of ether oxygens (including phenoxy) is 2. The van der Waals surface area contributed by atoms with Crippen LogP contribution in [-0.2, 0) is 7.05 Å². The van der Waals surface area contributed by atoms with Crippen LogP contribution in [0.5, 0.6) is 17.2 Å². The second-order valence-corrected chi connectivity index (χ2v) is 3.79. The van der Waals surface area contributed by atoms with Crippen molar-refractivity contribution in [1.82, 2.24) is 9.78 Å². The van der Waals surface area contributed by atoms with E-state index < -0.39 is 0 Å². The van der Waals surface area contributed by atoms with E-state index in [4.69, 9.17) is 15.2 Å². The van der Waals surface area contributed by atoms with E-state index in [2.05, 4.69) is 5.10 Å². The van der Waals surface area contributed by atoms with Crippen molar-refractivity contribution in [3.05, 3.63) is 18.3 Å². The van der Waals surface area contributed by atoms with Crippen LogP contribution in [0.25, 0.3) is 11.1 Å². The Labute approximate surface area is 105 Å². The number of benzene rings is 1. The lowest BCUT2D eigenvalue weighted by atomic mass is 10.1. The molecule has 3 N–H and O–H groups in total. The van der Waals surface area contributed by atoms with Gasteiger partial charge in [0.15, 0.2) is 11.5 Å². The van der Waals surface area contributed by atoms with Crippen molar-refractivity contribution >= 4 is 5.82 Å². The summed E-state index contributed by atoms with van der Waals surface area (Å²) in [4.78, 5) is 0. The minimum atomic E-state index is 0.0144. The molecule has 0 aliphatic heterocycles. The van der Waals surface area contributed by atoms with Crippen LogP contribution in [0.3, 0.4) is 0 Å². The van der Waals surface area contributed by atoms with Crippen LogP contribution in [0.15, 0.2) is 18.3 Å². The zero-order valence-electron chi connectivity index (χ0n) is 10.5. The van der Waals surface area contributed by atoms with Gasteiger partial charge >= 0.3 is 0 Å². The Balaban J connectivity index is 2.65. The Kier molecular flexibility index (Phi) is 3.01. The second-order valence-electron chi connectivity index (χ2n) is 3.79. The fourth-order valence-electron chi connectivity index (χ4n) is 1.75. The number of aryl methyl sites for hydroxylation is 1. The van der Waals surface area contributed by atoms with Crippen LogP contribution in [0.1, 0.15) is 0 Å². The van der Waals surface area contributed by atoms with Crippen LogP contribution in [0, 0.1) is 0 Å². The van der Waals surface area contributed by atoms with Gasteiger partial charge in [-0.3, -0.25) is 4.68 Å². The highest BCUT2D eigenvalue weighted by Gasteiger charge is 2.16. The van der Waals surface area contributed by atoms with Crippen LogP contribution in [0.2, 0.25) is 0 Å². The van der Waals surface area contributed by atoms with E-state index in [0.29, 0.717) is 17.3 Å². The number of hydrogen-bond donors (Lipinski definition) is 2. The minimum absolute atomic E-state index is 0.0144. The maximum atomic E-state index is 9.71. The first kappa shape index (κ1) is 12.1. The fourth-order valence-corrected chi connectivity index (χ4v) is 1.75. The molecule has 0 saturated carbocycles. The summed E-state index contributed by atoms with van der Waals surface area (Å²) in [5.41, 5.74) is 7.38. The fraction of sp³-hybridized carbons (Fsp3) is 0.250.